The summed E-state index contributed by atoms with van der Waals surface area (Å²) in [4.78, 5) is 30.3. The van der Waals surface area contributed by atoms with Gasteiger partial charge < -0.3 is 24.2 Å². The zero-order valence-electron chi connectivity index (χ0n) is 16.2. The first-order chi connectivity index (χ1) is 13.4. The van der Waals surface area contributed by atoms with E-state index in [1.807, 2.05) is 6.92 Å². The van der Waals surface area contributed by atoms with Gasteiger partial charge in [0.2, 0.25) is 17.6 Å². The normalized spacial score (nSPS) is 15.2. The zero-order valence-corrected chi connectivity index (χ0v) is 16.2. The molecular formula is C19H24N4O5. The number of nitrogens with one attached hydrogen (secondary N) is 1. The SMILES string of the molecule is COCCc1nc(-c2ccc(C(=O)NC3(C)CN(C(=O)COC)C3)cc2)no1. The molecule has 150 valence electrons. The van der Waals surface area contributed by atoms with Crippen LogP contribution in [0.1, 0.15) is 23.2 Å². The number of hydrogen-bond acceptors (Lipinski definition) is 7. The Morgan fingerprint density at radius 2 is 1.93 bits per heavy atom. The number of aromatic nitrogens is 2. The summed E-state index contributed by atoms with van der Waals surface area (Å²) in [6.07, 6.45) is 0.548. The van der Waals surface area contributed by atoms with Gasteiger partial charge in [0, 0.05) is 38.4 Å². The lowest BCUT2D eigenvalue weighted by atomic mass is 9.91. The highest BCUT2D eigenvalue weighted by atomic mass is 16.5. The number of likely N-dealkylation sites (tertiary alicyclic amines) is 1. The molecule has 1 aromatic heterocycles. The van der Waals surface area contributed by atoms with Crippen molar-refractivity contribution in [2.45, 2.75) is 18.9 Å². The molecule has 0 bridgehead atoms. The van der Waals surface area contributed by atoms with Crippen LogP contribution in [0.5, 0.6) is 0 Å². The number of amides is 2. The Bertz CT molecular complexity index is 827. The van der Waals surface area contributed by atoms with E-state index in [4.69, 9.17) is 14.0 Å². The summed E-state index contributed by atoms with van der Waals surface area (Å²) in [5.41, 5.74) is 0.841. The fourth-order valence-electron chi connectivity index (χ4n) is 3.05. The summed E-state index contributed by atoms with van der Waals surface area (Å²) in [6, 6.07) is 6.98. The molecule has 0 unspecified atom stereocenters. The van der Waals surface area contributed by atoms with Gasteiger partial charge in [0.25, 0.3) is 5.91 Å². The summed E-state index contributed by atoms with van der Waals surface area (Å²) >= 11 is 0. The molecule has 0 atom stereocenters. The molecule has 1 aliphatic rings. The number of benzene rings is 1. The molecular weight excluding hydrogens is 364 g/mol. The van der Waals surface area contributed by atoms with E-state index in [2.05, 4.69) is 15.5 Å². The lowest BCUT2D eigenvalue weighted by Gasteiger charge is -2.48. The summed E-state index contributed by atoms with van der Waals surface area (Å²) in [5, 5.41) is 6.93. The Kier molecular flexibility index (Phi) is 6.05. The fourth-order valence-corrected chi connectivity index (χ4v) is 3.05. The number of rotatable bonds is 8. The average molecular weight is 388 g/mol. The maximum atomic E-state index is 12.5. The van der Waals surface area contributed by atoms with Gasteiger partial charge in [0.05, 0.1) is 18.6 Å². The number of carbonyl (C=O) groups excluding carboxylic acids is 2. The van der Waals surface area contributed by atoms with E-state index in [1.54, 1.807) is 36.3 Å². The van der Waals surface area contributed by atoms with E-state index in [0.717, 1.165) is 5.56 Å². The molecule has 2 heterocycles. The Hall–Kier alpha value is -2.78. The van der Waals surface area contributed by atoms with Crippen LogP contribution in [0.25, 0.3) is 11.4 Å². The van der Waals surface area contributed by atoms with Crippen molar-refractivity contribution in [2.75, 3.05) is 40.5 Å². The second kappa shape index (κ2) is 8.49. The second-order valence-corrected chi connectivity index (χ2v) is 7.03. The van der Waals surface area contributed by atoms with E-state index >= 15 is 0 Å². The standard InChI is InChI=1S/C19H24N4O5/c1-19(11-23(12-19)16(24)10-27-3)21-18(25)14-6-4-13(5-7-14)17-20-15(28-22-17)8-9-26-2/h4-7H,8-12H2,1-3H3,(H,21,25). The molecule has 1 aliphatic heterocycles. The van der Waals surface area contributed by atoms with Gasteiger partial charge in [-0.3, -0.25) is 9.59 Å². The van der Waals surface area contributed by atoms with Crippen LogP contribution in [0, 0.1) is 0 Å². The van der Waals surface area contributed by atoms with Gasteiger partial charge in [0.15, 0.2) is 0 Å². The number of carbonyl (C=O) groups is 2. The van der Waals surface area contributed by atoms with E-state index in [-0.39, 0.29) is 18.4 Å². The highest BCUT2D eigenvalue weighted by molar-refractivity contribution is 5.95. The van der Waals surface area contributed by atoms with E-state index in [1.165, 1.54) is 7.11 Å². The third kappa shape index (κ3) is 4.55. The van der Waals surface area contributed by atoms with Crippen molar-refractivity contribution in [3.8, 4) is 11.4 Å². The average Bonchev–Trinajstić information content (AvgIpc) is 3.13. The zero-order chi connectivity index (χ0) is 20.1. The first-order valence-electron chi connectivity index (χ1n) is 8.95. The van der Waals surface area contributed by atoms with Gasteiger partial charge in [-0.1, -0.05) is 17.3 Å². The third-order valence-electron chi connectivity index (χ3n) is 4.51. The van der Waals surface area contributed by atoms with Crippen LogP contribution in [-0.2, 0) is 20.7 Å². The van der Waals surface area contributed by atoms with Gasteiger partial charge in [-0.2, -0.15) is 4.98 Å². The number of ether oxygens (including phenoxy) is 2. The molecule has 1 saturated heterocycles. The first-order valence-corrected chi connectivity index (χ1v) is 8.95. The lowest BCUT2D eigenvalue weighted by molar-refractivity contribution is -0.142. The summed E-state index contributed by atoms with van der Waals surface area (Å²) in [5.74, 6) is 0.700. The van der Waals surface area contributed by atoms with Gasteiger partial charge in [0.1, 0.15) is 6.61 Å². The number of nitrogens with zero attached hydrogens (tertiary/aromatic N) is 3. The molecule has 0 radical (unpaired) electrons. The van der Waals surface area contributed by atoms with Crippen LogP contribution in [0.3, 0.4) is 0 Å². The van der Waals surface area contributed by atoms with Crippen LogP contribution in [0.4, 0.5) is 0 Å². The Balaban J connectivity index is 1.57. The molecule has 1 fully saturated rings. The molecule has 0 saturated carbocycles. The maximum Gasteiger partial charge on any atom is 0.251 e. The summed E-state index contributed by atoms with van der Waals surface area (Å²) in [6.45, 7) is 3.40. The monoisotopic (exact) mass is 388 g/mol. The molecule has 0 aliphatic carbocycles. The van der Waals surface area contributed by atoms with Crippen molar-refractivity contribution in [1.29, 1.82) is 0 Å². The van der Waals surface area contributed by atoms with Crippen molar-refractivity contribution in [3.63, 3.8) is 0 Å². The van der Waals surface area contributed by atoms with Gasteiger partial charge in [-0.05, 0) is 19.1 Å². The minimum Gasteiger partial charge on any atom is -0.384 e. The van der Waals surface area contributed by atoms with Crippen molar-refractivity contribution in [2.24, 2.45) is 0 Å². The Morgan fingerprint density at radius 3 is 2.57 bits per heavy atom. The minimum atomic E-state index is -0.441. The van der Waals surface area contributed by atoms with Crippen molar-refractivity contribution >= 4 is 11.8 Å². The first kappa shape index (κ1) is 20.0. The van der Waals surface area contributed by atoms with Crippen molar-refractivity contribution in [1.82, 2.24) is 20.4 Å². The molecule has 0 spiro atoms. The van der Waals surface area contributed by atoms with E-state index < -0.39 is 5.54 Å². The molecule has 1 N–H and O–H groups in total. The van der Waals surface area contributed by atoms with Gasteiger partial charge in [-0.25, -0.2) is 0 Å². The van der Waals surface area contributed by atoms with Crippen LogP contribution in [0.2, 0.25) is 0 Å². The highest BCUT2D eigenvalue weighted by Crippen LogP contribution is 2.22. The molecule has 1 aromatic carbocycles. The number of hydrogen-bond donors (Lipinski definition) is 1. The highest BCUT2D eigenvalue weighted by Gasteiger charge is 2.42. The largest absolute Gasteiger partial charge is 0.384 e. The maximum absolute atomic E-state index is 12.5. The van der Waals surface area contributed by atoms with Crippen LogP contribution < -0.4 is 5.32 Å². The number of methoxy groups -OCH3 is 2. The van der Waals surface area contributed by atoms with Crippen molar-refractivity contribution in [3.05, 3.63) is 35.7 Å². The van der Waals surface area contributed by atoms with E-state index in [9.17, 15) is 9.59 Å². The molecule has 3 rings (SSSR count). The van der Waals surface area contributed by atoms with Crippen LogP contribution in [0.15, 0.2) is 28.8 Å². The van der Waals surface area contributed by atoms with Gasteiger partial charge >= 0.3 is 0 Å². The lowest BCUT2D eigenvalue weighted by Crippen LogP contribution is -2.70. The molecule has 9 nitrogen and oxygen atoms in total. The second-order valence-electron chi connectivity index (χ2n) is 7.03. The fraction of sp³-hybridized carbons (Fsp3) is 0.474. The summed E-state index contributed by atoms with van der Waals surface area (Å²) in [7, 11) is 3.09. The third-order valence-corrected chi connectivity index (χ3v) is 4.51. The molecule has 9 heteroatoms. The topological polar surface area (TPSA) is 107 Å². The molecule has 2 aromatic rings. The predicted octanol–water partition coefficient (Wildman–Crippen LogP) is 0.903. The van der Waals surface area contributed by atoms with E-state index in [0.29, 0.717) is 43.4 Å². The Morgan fingerprint density at radius 1 is 1.21 bits per heavy atom. The predicted molar refractivity (Wildman–Crippen MR) is 99.6 cm³/mol. The van der Waals surface area contributed by atoms with Gasteiger partial charge in [-0.15, -0.1) is 0 Å². The van der Waals surface area contributed by atoms with Crippen LogP contribution in [-0.4, -0.2) is 72.9 Å². The van der Waals surface area contributed by atoms with Crippen molar-refractivity contribution < 1.29 is 23.6 Å². The summed E-state index contributed by atoms with van der Waals surface area (Å²) < 4.78 is 15.0. The molecule has 28 heavy (non-hydrogen) atoms. The molecule has 2 amide bonds. The minimum absolute atomic E-state index is 0.0504. The Labute approximate surface area is 163 Å². The smallest absolute Gasteiger partial charge is 0.251 e. The quantitative estimate of drug-likeness (QED) is 0.716. The van der Waals surface area contributed by atoms with Crippen LogP contribution >= 0.6 is 0 Å².